The lowest BCUT2D eigenvalue weighted by Crippen LogP contribution is -2.23. The van der Waals surface area contributed by atoms with Crippen molar-refractivity contribution in [3.63, 3.8) is 0 Å². The quantitative estimate of drug-likeness (QED) is 0.832. The lowest BCUT2D eigenvalue weighted by atomic mass is 10.1. The van der Waals surface area contributed by atoms with Crippen LogP contribution in [0.3, 0.4) is 0 Å². The molecule has 1 aromatic rings. The Balaban J connectivity index is 3.06. The number of ether oxygens (including phenoxy) is 2. The first-order valence-corrected chi connectivity index (χ1v) is 4.93. The molecular formula is C12H18O3. The average Bonchev–Trinajstić information content (AvgIpc) is 2.15. The molecular weight excluding hydrogens is 192 g/mol. The highest BCUT2D eigenvalue weighted by Gasteiger charge is 2.16. The van der Waals surface area contributed by atoms with E-state index in [4.69, 9.17) is 14.6 Å². The van der Waals surface area contributed by atoms with Gasteiger partial charge in [-0.15, -0.1) is 0 Å². The summed E-state index contributed by atoms with van der Waals surface area (Å²) in [4.78, 5) is 0. The van der Waals surface area contributed by atoms with Crippen molar-refractivity contribution in [1.29, 1.82) is 0 Å². The minimum absolute atomic E-state index is 0.0511. The van der Waals surface area contributed by atoms with Crippen LogP contribution in [0, 0.1) is 0 Å². The van der Waals surface area contributed by atoms with Crippen molar-refractivity contribution in [3.8, 4) is 11.5 Å². The van der Waals surface area contributed by atoms with Gasteiger partial charge in [0.25, 0.3) is 0 Å². The molecule has 0 bridgehead atoms. The first kappa shape index (κ1) is 11.9. The van der Waals surface area contributed by atoms with Crippen LogP contribution in [0.15, 0.2) is 18.2 Å². The summed E-state index contributed by atoms with van der Waals surface area (Å²) in [6.45, 7) is 5.86. The third-order valence-electron chi connectivity index (χ3n) is 1.85. The Kier molecular flexibility index (Phi) is 3.58. The van der Waals surface area contributed by atoms with Crippen molar-refractivity contribution in [2.45, 2.75) is 33.0 Å². The van der Waals surface area contributed by atoms with Gasteiger partial charge in [-0.2, -0.15) is 0 Å². The van der Waals surface area contributed by atoms with E-state index in [-0.39, 0.29) is 12.2 Å². The van der Waals surface area contributed by atoms with Crippen LogP contribution in [0.1, 0.15) is 26.3 Å². The summed E-state index contributed by atoms with van der Waals surface area (Å²) in [7, 11) is 1.57. The second-order valence-electron chi connectivity index (χ2n) is 4.32. The number of para-hydroxylation sites is 1. The van der Waals surface area contributed by atoms with Crippen LogP contribution < -0.4 is 9.47 Å². The zero-order valence-electron chi connectivity index (χ0n) is 9.70. The monoisotopic (exact) mass is 210 g/mol. The van der Waals surface area contributed by atoms with Gasteiger partial charge >= 0.3 is 0 Å². The van der Waals surface area contributed by atoms with E-state index in [1.54, 1.807) is 7.11 Å². The van der Waals surface area contributed by atoms with Gasteiger partial charge in [0.05, 0.1) is 13.7 Å². The molecule has 0 aliphatic heterocycles. The summed E-state index contributed by atoms with van der Waals surface area (Å²) in [5.41, 5.74) is 0.459. The zero-order chi connectivity index (χ0) is 11.5. The smallest absolute Gasteiger partial charge is 0.166 e. The molecule has 1 aromatic carbocycles. The highest BCUT2D eigenvalue weighted by Crippen LogP contribution is 2.33. The molecule has 1 rings (SSSR count). The first-order valence-electron chi connectivity index (χ1n) is 4.93. The maximum atomic E-state index is 9.14. The highest BCUT2D eigenvalue weighted by atomic mass is 16.5. The molecule has 0 aliphatic carbocycles. The lowest BCUT2D eigenvalue weighted by Gasteiger charge is -2.23. The van der Waals surface area contributed by atoms with Crippen LogP contribution >= 0.6 is 0 Å². The maximum absolute atomic E-state index is 9.14. The SMILES string of the molecule is COc1c(CO)cccc1OC(C)(C)C. The van der Waals surface area contributed by atoms with E-state index in [0.717, 1.165) is 5.56 Å². The Morgan fingerprint density at radius 3 is 2.40 bits per heavy atom. The van der Waals surface area contributed by atoms with E-state index in [0.29, 0.717) is 11.5 Å². The van der Waals surface area contributed by atoms with Crippen LogP contribution in [-0.2, 0) is 6.61 Å². The number of benzene rings is 1. The van der Waals surface area contributed by atoms with E-state index >= 15 is 0 Å². The van der Waals surface area contributed by atoms with Crippen molar-refractivity contribution in [2.24, 2.45) is 0 Å². The summed E-state index contributed by atoms with van der Waals surface area (Å²) in [6.07, 6.45) is 0. The second-order valence-corrected chi connectivity index (χ2v) is 4.32. The minimum atomic E-state index is -0.276. The first-order chi connectivity index (χ1) is 6.98. The molecule has 0 spiro atoms. The Morgan fingerprint density at radius 1 is 1.27 bits per heavy atom. The summed E-state index contributed by atoms with van der Waals surface area (Å²) < 4.78 is 11.0. The van der Waals surface area contributed by atoms with E-state index in [1.165, 1.54) is 0 Å². The number of hydrogen-bond acceptors (Lipinski definition) is 3. The molecule has 0 atom stereocenters. The number of methoxy groups -OCH3 is 1. The predicted molar refractivity (Wildman–Crippen MR) is 59.3 cm³/mol. The predicted octanol–water partition coefficient (Wildman–Crippen LogP) is 2.36. The Morgan fingerprint density at radius 2 is 1.93 bits per heavy atom. The summed E-state index contributed by atoms with van der Waals surface area (Å²) in [6, 6.07) is 5.49. The van der Waals surface area contributed by atoms with Crippen molar-refractivity contribution in [3.05, 3.63) is 23.8 Å². The topological polar surface area (TPSA) is 38.7 Å². The fourth-order valence-electron chi connectivity index (χ4n) is 1.33. The number of aliphatic hydroxyl groups is 1. The van der Waals surface area contributed by atoms with Gasteiger partial charge in [-0.1, -0.05) is 12.1 Å². The molecule has 3 heteroatoms. The molecule has 0 radical (unpaired) electrons. The Labute approximate surface area is 90.6 Å². The highest BCUT2D eigenvalue weighted by molar-refractivity contribution is 5.46. The van der Waals surface area contributed by atoms with Crippen molar-refractivity contribution in [1.82, 2.24) is 0 Å². The van der Waals surface area contributed by atoms with Gasteiger partial charge in [0.1, 0.15) is 5.60 Å². The van der Waals surface area contributed by atoms with E-state index in [2.05, 4.69) is 0 Å². The third kappa shape index (κ3) is 3.13. The van der Waals surface area contributed by atoms with Crippen LogP contribution in [0.2, 0.25) is 0 Å². The molecule has 84 valence electrons. The van der Waals surface area contributed by atoms with Crippen LogP contribution in [0.5, 0.6) is 11.5 Å². The molecule has 0 fully saturated rings. The molecule has 3 nitrogen and oxygen atoms in total. The van der Waals surface area contributed by atoms with Gasteiger partial charge in [0.15, 0.2) is 11.5 Å². The molecule has 0 unspecified atom stereocenters. The van der Waals surface area contributed by atoms with Crippen molar-refractivity contribution >= 4 is 0 Å². The molecule has 0 amide bonds. The molecule has 15 heavy (non-hydrogen) atoms. The fourth-order valence-corrected chi connectivity index (χ4v) is 1.33. The van der Waals surface area contributed by atoms with Crippen molar-refractivity contribution in [2.75, 3.05) is 7.11 Å². The molecule has 0 aliphatic rings. The van der Waals surface area contributed by atoms with Gasteiger partial charge in [-0.25, -0.2) is 0 Å². The Bertz CT molecular complexity index is 326. The molecule has 0 aromatic heterocycles. The third-order valence-corrected chi connectivity index (χ3v) is 1.85. The molecule has 0 saturated carbocycles. The Hall–Kier alpha value is -1.22. The summed E-state index contributed by atoms with van der Waals surface area (Å²) in [5.74, 6) is 1.27. The standard InChI is InChI=1S/C12H18O3/c1-12(2,3)15-10-7-5-6-9(8-13)11(10)14-4/h5-7,13H,8H2,1-4H3. The molecule has 0 heterocycles. The zero-order valence-corrected chi connectivity index (χ0v) is 9.70. The number of aliphatic hydroxyl groups excluding tert-OH is 1. The minimum Gasteiger partial charge on any atom is -0.492 e. The fraction of sp³-hybridized carbons (Fsp3) is 0.500. The van der Waals surface area contributed by atoms with Gasteiger partial charge in [0.2, 0.25) is 0 Å². The molecule has 1 N–H and O–H groups in total. The van der Waals surface area contributed by atoms with E-state index in [1.807, 2.05) is 39.0 Å². The number of rotatable bonds is 3. The van der Waals surface area contributed by atoms with Crippen molar-refractivity contribution < 1.29 is 14.6 Å². The lowest BCUT2D eigenvalue weighted by molar-refractivity contribution is 0.124. The normalized spacial score (nSPS) is 11.3. The summed E-state index contributed by atoms with van der Waals surface area (Å²) >= 11 is 0. The van der Waals surface area contributed by atoms with Gasteiger partial charge in [0, 0.05) is 5.56 Å². The van der Waals surface area contributed by atoms with Gasteiger partial charge in [-0.05, 0) is 26.8 Å². The second kappa shape index (κ2) is 4.53. The average molecular weight is 210 g/mol. The van der Waals surface area contributed by atoms with Crippen LogP contribution in [-0.4, -0.2) is 17.8 Å². The maximum Gasteiger partial charge on any atom is 0.166 e. The van der Waals surface area contributed by atoms with Gasteiger partial charge < -0.3 is 14.6 Å². The van der Waals surface area contributed by atoms with Crippen LogP contribution in [0.4, 0.5) is 0 Å². The largest absolute Gasteiger partial charge is 0.492 e. The van der Waals surface area contributed by atoms with Crippen LogP contribution in [0.25, 0.3) is 0 Å². The van der Waals surface area contributed by atoms with E-state index < -0.39 is 0 Å². The van der Waals surface area contributed by atoms with Gasteiger partial charge in [-0.3, -0.25) is 0 Å². The number of hydrogen-bond donors (Lipinski definition) is 1. The summed E-state index contributed by atoms with van der Waals surface area (Å²) in [5, 5.41) is 9.14. The molecule has 0 saturated heterocycles. The van der Waals surface area contributed by atoms with E-state index in [9.17, 15) is 0 Å².